The molecule has 5 heteroatoms. The first kappa shape index (κ1) is 16.0. The van der Waals surface area contributed by atoms with Gasteiger partial charge in [-0.25, -0.2) is 0 Å². The summed E-state index contributed by atoms with van der Waals surface area (Å²) in [5, 5.41) is 6.32. The van der Waals surface area contributed by atoms with Gasteiger partial charge in [-0.1, -0.05) is 6.07 Å². The Morgan fingerprint density at radius 1 is 1.13 bits per heavy atom. The quantitative estimate of drug-likeness (QED) is 0.890. The molecule has 124 valence electrons. The number of amides is 2. The molecule has 0 radical (unpaired) electrons. The van der Waals surface area contributed by atoms with Crippen LogP contribution in [0.2, 0.25) is 0 Å². The topological polar surface area (TPSA) is 61.4 Å². The molecule has 2 aliphatic heterocycles. The third-order valence-electron chi connectivity index (χ3n) is 4.69. The highest BCUT2D eigenvalue weighted by Gasteiger charge is 2.20. The minimum atomic E-state index is -0.105. The van der Waals surface area contributed by atoms with Crippen LogP contribution in [0.25, 0.3) is 0 Å². The van der Waals surface area contributed by atoms with Gasteiger partial charge in [-0.3, -0.25) is 9.59 Å². The van der Waals surface area contributed by atoms with Crippen molar-refractivity contribution >= 4 is 11.8 Å². The number of rotatable bonds is 4. The summed E-state index contributed by atoms with van der Waals surface area (Å²) in [6.45, 7) is 3.31. The van der Waals surface area contributed by atoms with Crippen LogP contribution in [0.3, 0.4) is 0 Å². The van der Waals surface area contributed by atoms with E-state index in [1.807, 2.05) is 4.90 Å². The molecule has 0 aliphatic carbocycles. The Hall–Kier alpha value is -1.88. The fraction of sp³-hybridized carbons (Fsp3) is 0.556. The van der Waals surface area contributed by atoms with Crippen LogP contribution in [0, 0.1) is 0 Å². The van der Waals surface area contributed by atoms with Crippen molar-refractivity contribution in [2.45, 2.75) is 38.1 Å². The zero-order valence-corrected chi connectivity index (χ0v) is 13.5. The number of hydrogen-bond acceptors (Lipinski definition) is 3. The molecule has 1 aromatic carbocycles. The summed E-state index contributed by atoms with van der Waals surface area (Å²) in [6, 6.07) is 7.45. The summed E-state index contributed by atoms with van der Waals surface area (Å²) in [6.07, 6.45) is 5.61. The molecular formula is C18H25N3O2. The maximum absolute atomic E-state index is 12.5. The van der Waals surface area contributed by atoms with E-state index in [4.69, 9.17) is 0 Å². The highest BCUT2D eigenvalue weighted by atomic mass is 16.2. The molecule has 2 fully saturated rings. The molecular weight excluding hydrogens is 290 g/mol. The third-order valence-corrected chi connectivity index (χ3v) is 4.69. The number of hydrogen-bond donors (Lipinski definition) is 2. The molecule has 2 N–H and O–H groups in total. The maximum atomic E-state index is 12.5. The molecule has 0 spiro atoms. The SMILES string of the molecule is O=C(NC[C@@H]1CCCN1)c1cccc(C(=O)N2CCCCC2)c1. The van der Waals surface area contributed by atoms with Gasteiger partial charge in [-0.15, -0.1) is 0 Å². The lowest BCUT2D eigenvalue weighted by molar-refractivity contribution is 0.0724. The van der Waals surface area contributed by atoms with Crippen LogP contribution in [-0.4, -0.2) is 48.9 Å². The van der Waals surface area contributed by atoms with Gasteiger partial charge >= 0.3 is 0 Å². The molecule has 0 aromatic heterocycles. The molecule has 2 saturated heterocycles. The molecule has 2 aliphatic rings. The highest BCUT2D eigenvalue weighted by Crippen LogP contribution is 2.14. The van der Waals surface area contributed by atoms with Gasteiger partial charge in [-0.2, -0.15) is 0 Å². The molecule has 0 bridgehead atoms. The van der Waals surface area contributed by atoms with Crippen LogP contribution in [0.1, 0.15) is 52.8 Å². The van der Waals surface area contributed by atoms with E-state index in [2.05, 4.69) is 10.6 Å². The van der Waals surface area contributed by atoms with E-state index in [9.17, 15) is 9.59 Å². The lowest BCUT2D eigenvalue weighted by atomic mass is 10.1. The van der Waals surface area contributed by atoms with Crippen LogP contribution in [0.4, 0.5) is 0 Å². The van der Waals surface area contributed by atoms with Gasteiger partial charge in [0, 0.05) is 36.8 Å². The van der Waals surface area contributed by atoms with E-state index in [0.29, 0.717) is 23.7 Å². The Morgan fingerprint density at radius 3 is 2.65 bits per heavy atom. The molecule has 2 heterocycles. The van der Waals surface area contributed by atoms with E-state index < -0.39 is 0 Å². The Kier molecular flexibility index (Phi) is 5.28. The first-order valence-corrected chi connectivity index (χ1v) is 8.65. The molecule has 0 unspecified atom stereocenters. The number of benzene rings is 1. The van der Waals surface area contributed by atoms with Gasteiger partial charge in [0.05, 0.1) is 0 Å². The van der Waals surface area contributed by atoms with Crippen molar-refractivity contribution in [3.05, 3.63) is 35.4 Å². The second-order valence-electron chi connectivity index (χ2n) is 6.44. The Labute approximate surface area is 137 Å². The van der Waals surface area contributed by atoms with Gasteiger partial charge in [0.15, 0.2) is 0 Å². The summed E-state index contributed by atoms with van der Waals surface area (Å²) in [5.41, 5.74) is 1.17. The normalized spacial score (nSPS) is 21.2. The second-order valence-corrected chi connectivity index (χ2v) is 6.44. The lowest BCUT2D eigenvalue weighted by Crippen LogP contribution is -2.37. The maximum Gasteiger partial charge on any atom is 0.253 e. The van der Waals surface area contributed by atoms with Gasteiger partial charge < -0.3 is 15.5 Å². The lowest BCUT2D eigenvalue weighted by Gasteiger charge is -2.26. The number of carbonyl (C=O) groups is 2. The molecule has 1 atom stereocenters. The zero-order chi connectivity index (χ0) is 16.1. The monoisotopic (exact) mass is 315 g/mol. The highest BCUT2D eigenvalue weighted by molar-refractivity contribution is 5.99. The number of likely N-dealkylation sites (tertiary alicyclic amines) is 1. The van der Waals surface area contributed by atoms with Crippen LogP contribution < -0.4 is 10.6 Å². The number of nitrogens with zero attached hydrogens (tertiary/aromatic N) is 1. The molecule has 2 amide bonds. The summed E-state index contributed by atoms with van der Waals surface area (Å²) in [7, 11) is 0. The van der Waals surface area contributed by atoms with Crippen LogP contribution in [0.5, 0.6) is 0 Å². The minimum absolute atomic E-state index is 0.0387. The largest absolute Gasteiger partial charge is 0.350 e. The van der Waals surface area contributed by atoms with Crippen LogP contribution in [-0.2, 0) is 0 Å². The zero-order valence-electron chi connectivity index (χ0n) is 13.5. The van der Waals surface area contributed by atoms with Gasteiger partial charge in [0.1, 0.15) is 0 Å². The third kappa shape index (κ3) is 4.10. The van der Waals surface area contributed by atoms with Crippen molar-refractivity contribution in [2.24, 2.45) is 0 Å². The first-order chi connectivity index (χ1) is 11.2. The molecule has 3 rings (SSSR count). The Balaban J connectivity index is 1.61. The molecule has 1 aromatic rings. The van der Waals surface area contributed by atoms with Gasteiger partial charge in [-0.05, 0) is 56.8 Å². The van der Waals surface area contributed by atoms with E-state index in [1.165, 1.54) is 12.8 Å². The van der Waals surface area contributed by atoms with Crippen molar-refractivity contribution < 1.29 is 9.59 Å². The number of piperidine rings is 1. The van der Waals surface area contributed by atoms with Crippen molar-refractivity contribution in [3.63, 3.8) is 0 Å². The van der Waals surface area contributed by atoms with E-state index in [-0.39, 0.29) is 11.8 Å². The average Bonchev–Trinajstić information content (AvgIpc) is 3.13. The van der Waals surface area contributed by atoms with Crippen molar-refractivity contribution in [1.29, 1.82) is 0 Å². The molecule has 5 nitrogen and oxygen atoms in total. The van der Waals surface area contributed by atoms with Gasteiger partial charge in [0.25, 0.3) is 11.8 Å². The fourth-order valence-corrected chi connectivity index (χ4v) is 3.32. The van der Waals surface area contributed by atoms with Crippen molar-refractivity contribution in [1.82, 2.24) is 15.5 Å². The van der Waals surface area contributed by atoms with E-state index in [1.54, 1.807) is 24.3 Å². The average molecular weight is 315 g/mol. The second kappa shape index (κ2) is 7.59. The predicted octanol–water partition coefficient (Wildman–Crippen LogP) is 1.79. The summed E-state index contributed by atoms with van der Waals surface area (Å²) in [4.78, 5) is 26.7. The first-order valence-electron chi connectivity index (χ1n) is 8.65. The smallest absolute Gasteiger partial charge is 0.253 e. The summed E-state index contributed by atoms with van der Waals surface area (Å²) < 4.78 is 0. The molecule has 23 heavy (non-hydrogen) atoms. The summed E-state index contributed by atoms with van der Waals surface area (Å²) >= 11 is 0. The number of carbonyl (C=O) groups excluding carboxylic acids is 2. The van der Waals surface area contributed by atoms with E-state index >= 15 is 0 Å². The minimum Gasteiger partial charge on any atom is -0.350 e. The van der Waals surface area contributed by atoms with Gasteiger partial charge in [0.2, 0.25) is 0 Å². The van der Waals surface area contributed by atoms with E-state index in [0.717, 1.165) is 38.9 Å². The van der Waals surface area contributed by atoms with Crippen LogP contribution in [0.15, 0.2) is 24.3 Å². The fourth-order valence-electron chi connectivity index (χ4n) is 3.32. The predicted molar refractivity (Wildman–Crippen MR) is 89.6 cm³/mol. The number of nitrogens with one attached hydrogen (secondary N) is 2. The van der Waals surface area contributed by atoms with Crippen LogP contribution >= 0.6 is 0 Å². The Morgan fingerprint density at radius 2 is 1.91 bits per heavy atom. The molecule has 0 saturated carbocycles. The standard InChI is InChI=1S/C18H25N3O2/c22-17(20-13-16-8-5-9-19-16)14-6-4-7-15(12-14)18(23)21-10-2-1-3-11-21/h4,6-7,12,16,19H,1-3,5,8-11,13H2,(H,20,22)/t16-/m0/s1. The van der Waals surface area contributed by atoms with Crippen molar-refractivity contribution in [2.75, 3.05) is 26.2 Å². The van der Waals surface area contributed by atoms with Crippen molar-refractivity contribution in [3.8, 4) is 0 Å². The summed E-state index contributed by atoms with van der Waals surface area (Å²) in [5.74, 6) is -0.0659. The Bertz CT molecular complexity index is 561.